The zero-order valence-corrected chi connectivity index (χ0v) is 26.1. The number of aliphatic carboxylic acids is 1. The first kappa shape index (κ1) is 34.3. The molecule has 0 unspecified atom stereocenters. The zero-order chi connectivity index (χ0) is 28.6. The van der Waals surface area contributed by atoms with Gasteiger partial charge in [0.15, 0.2) is 0 Å². The molecular weight excluding hydrogens is 468 g/mol. The highest BCUT2D eigenvalue weighted by atomic mass is 16.4. The smallest absolute Gasteiger partial charge is 0.328 e. The molecule has 3 heteroatoms. The van der Waals surface area contributed by atoms with Gasteiger partial charge in [0.05, 0.1) is 0 Å². The van der Waals surface area contributed by atoms with Gasteiger partial charge in [0.25, 0.3) is 0 Å². The molecule has 0 amide bonds. The van der Waals surface area contributed by atoms with Crippen LogP contribution in [0.5, 0.6) is 5.75 Å². The Balaban J connectivity index is 2.55. The van der Waals surface area contributed by atoms with Gasteiger partial charge in [0, 0.05) is 17.2 Å². The fourth-order valence-corrected chi connectivity index (χ4v) is 5.54. The summed E-state index contributed by atoms with van der Waals surface area (Å²) in [4.78, 5) is 11.3. The second kappa shape index (κ2) is 17.7. The number of hydrogen-bond donors (Lipinski definition) is 2. The first-order valence-electron chi connectivity index (χ1n) is 15.7. The zero-order valence-electron chi connectivity index (χ0n) is 26.1. The average molecular weight is 529 g/mol. The molecule has 38 heavy (non-hydrogen) atoms. The molecule has 0 aliphatic heterocycles. The summed E-state index contributed by atoms with van der Waals surface area (Å²) in [5, 5.41) is 20.6. The number of carboxylic acids is 1. The van der Waals surface area contributed by atoms with Crippen LogP contribution in [-0.4, -0.2) is 16.2 Å². The summed E-state index contributed by atoms with van der Waals surface area (Å²) in [6.07, 6.45) is 25.3. The van der Waals surface area contributed by atoms with Gasteiger partial charge in [0.2, 0.25) is 0 Å². The number of benzene rings is 1. The van der Waals surface area contributed by atoms with Crippen molar-refractivity contribution in [3.05, 3.63) is 34.4 Å². The topological polar surface area (TPSA) is 57.5 Å². The third-order valence-corrected chi connectivity index (χ3v) is 7.69. The van der Waals surface area contributed by atoms with Gasteiger partial charge < -0.3 is 10.2 Å². The molecular formula is C35H60O3. The lowest BCUT2D eigenvalue weighted by atomic mass is 9.74. The minimum atomic E-state index is -0.943. The van der Waals surface area contributed by atoms with Crippen molar-refractivity contribution in [1.29, 1.82) is 0 Å². The van der Waals surface area contributed by atoms with Crippen molar-refractivity contribution in [2.45, 2.75) is 168 Å². The van der Waals surface area contributed by atoms with E-state index in [2.05, 4.69) is 48.5 Å². The number of phenols is 1. The van der Waals surface area contributed by atoms with Crippen molar-refractivity contribution < 1.29 is 15.0 Å². The van der Waals surface area contributed by atoms with Gasteiger partial charge in [-0.3, -0.25) is 0 Å². The number of phenolic OH excluding ortho intramolecular Hbond substituents is 1. The number of hydrogen-bond acceptors (Lipinski definition) is 2. The first-order valence-corrected chi connectivity index (χ1v) is 15.7. The summed E-state index contributed by atoms with van der Waals surface area (Å²) < 4.78 is 0. The third-order valence-electron chi connectivity index (χ3n) is 7.69. The highest BCUT2D eigenvalue weighted by Gasteiger charge is 2.29. The van der Waals surface area contributed by atoms with Crippen molar-refractivity contribution in [2.75, 3.05) is 0 Å². The van der Waals surface area contributed by atoms with Crippen LogP contribution >= 0.6 is 0 Å². The van der Waals surface area contributed by atoms with Crippen molar-refractivity contribution in [1.82, 2.24) is 0 Å². The van der Waals surface area contributed by atoms with E-state index < -0.39 is 5.97 Å². The molecule has 0 aromatic heterocycles. The molecule has 0 aliphatic rings. The van der Waals surface area contributed by atoms with Gasteiger partial charge in [-0.15, -0.1) is 0 Å². The van der Waals surface area contributed by atoms with Gasteiger partial charge >= 0.3 is 5.97 Å². The van der Waals surface area contributed by atoms with Gasteiger partial charge in [-0.25, -0.2) is 4.79 Å². The molecule has 0 spiro atoms. The van der Waals surface area contributed by atoms with E-state index in [0.29, 0.717) is 5.75 Å². The Morgan fingerprint density at radius 1 is 0.711 bits per heavy atom. The number of rotatable bonds is 19. The molecule has 1 aromatic carbocycles. The summed E-state index contributed by atoms with van der Waals surface area (Å²) in [6.45, 7) is 15.0. The fourth-order valence-electron chi connectivity index (χ4n) is 5.54. The Labute approximate surface area is 235 Å². The Hall–Kier alpha value is -1.77. The van der Waals surface area contributed by atoms with Crippen LogP contribution in [0.3, 0.4) is 0 Å². The fraction of sp³-hybridized carbons (Fsp3) is 0.743. The van der Waals surface area contributed by atoms with Crippen LogP contribution in [0.2, 0.25) is 0 Å². The number of carbonyl (C=O) groups is 1. The van der Waals surface area contributed by atoms with Crippen LogP contribution in [-0.2, 0) is 22.0 Å². The van der Waals surface area contributed by atoms with Crippen molar-refractivity contribution in [2.24, 2.45) is 0 Å². The van der Waals surface area contributed by atoms with E-state index in [9.17, 15) is 15.0 Å². The molecule has 0 bridgehead atoms. The molecule has 0 heterocycles. The summed E-state index contributed by atoms with van der Waals surface area (Å²) in [6, 6.07) is 2.01. The lowest BCUT2D eigenvalue weighted by molar-refractivity contribution is -0.131. The van der Waals surface area contributed by atoms with E-state index >= 15 is 0 Å². The van der Waals surface area contributed by atoms with Crippen molar-refractivity contribution >= 4 is 12.0 Å². The van der Waals surface area contributed by atoms with Crippen LogP contribution in [0, 0.1) is 0 Å². The van der Waals surface area contributed by atoms with E-state index in [1.54, 1.807) is 6.08 Å². The standard InChI is InChI=1S/C35H60O3/c1-8-9-10-11-12-13-14-15-16-17-18-19-20-21-22-23-24-29-28(25-26-31(36)37)27-30(34(2,3)4)33(38)32(29)35(5,6)7/h25-27,38H,8-24H2,1-7H3,(H,36,37)/b26-25+. The maximum Gasteiger partial charge on any atom is 0.328 e. The molecule has 0 aliphatic carbocycles. The Bertz CT molecular complexity index is 836. The molecule has 0 radical (unpaired) electrons. The van der Waals surface area contributed by atoms with Gasteiger partial charge in [-0.05, 0) is 46.9 Å². The largest absolute Gasteiger partial charge is 0.507 e. The summed E-state index contributed by atoms with van der Waals surface area (Å²) in [5.74, 6) is -0.565. The molecule has 1 rings (SSSR count). The minimum absolute atomic E-state index is 0.233. The van der Waals surface area contributed by atoms with Crippen molar-refractivity contribution in [3.63, 3.8) is 0 Å². The SMILES string of the molecule is CCCCCCCCCCCCCCCCCCc1c(/C=C/C(=O)O)cc(C(C)(C)C)c(O)c1C(C)(C)C. The van der Waals surface area contributed by atoms with Crippen LogP contribution in [0.4, 0.5) is 0 Å². The molecule has 0 saturated heterocycles. The average Bonchev–Trinajstić information content (AvgIpc) is 2.81. The Morgan fingerprint density at radius 2 is 1.13 bits per heavy atom. The van der Waals surface area contributed by atoms with E-state index in [1.807, 2.05) is 6.07 Å². The highest BCUT2D eigenvalue weighted by Crippen LogP contribution is 2.43. The summed E-state index contributed by atoms with van der Waals surface area (Å²) in [7, 11) is 0. The van der Waals surface area contributed by atoms with Crippen LogP contribution in [0.15, 0.2) is 12.1 Å². The maximum absolute atomic E-state index is 11.3. The second-order valence-electron chi connectivity index (χ2n) is 13.4. The molecule has 0 saturated carbocycles. The van der Waals surface area contributed by atoms with E-state index in [-0.39, 0.29) is 10.8 Å². The maximum atomic E-state index is 11.3. The lowest BCUT2D eigenvalue weighted by Crippen LogP contribution is -2.20. The molecule has 3 nitrogen and oxygen atoms in total. The van der Waals surface area contributed by atoms with Crippen LogP contribution in [0.1, 0.15) is 173 Å². The Morgan fingerprint density at radius 3 is 1.50 bits per heavy atom. The van der Waals surface area contributed by atoms with Gasteiger partial charge in [-0.1, -0.05) is 145 Å². The molecule has 2 N–H and O–H groups in total. The first-order chi connectivity index (χ1) is 17.9. The van der Waals surface area contributed by atoms with E-state index in [0.717, 1.165) is 35.1 Å². The van der Waals surface area contributed by atoms with E-state index in [1.165, 1.54) is 102 Å². The molecule has 1 aromatic rings. The molecule has 0 fully saturated rings. The summed E-state index contributed by atoms with van der Waals surface area (Å²) in [5.41, 5.74) is 3.41. The molecule has 0 atom stereocenters. The number of unbranched alkanes of at least 4 members (excludes halogenated alkanes) is 15. The highest BCUT2D eigenvalue weighted by molar-refractivity contribution is 5.86. The number of carboxylic acid groups (broad SMARTS) is 1. The van der Waals surface area contributed by atoms with E-state index in [4.69, 9.17) is 0 Å². The second-order valence-corrected chi connectivity index (χ2v) is 13.4. The minimum Gasteiger partial charge on any atom is -0.507 e. The van der Waals surface area contributed by atoms with Crippen LogP contribution in [0.25, 0.3) is 6.08 Å². The predicted octanol–water partition coefficient (Wildman–Crippen LogP) is 10.9. The van der Waals surface area contributed by atoms with Gasteiger partial charge in [0.1, 0.15) is 5.75 Å². The molecule has 218 valence electrons. The van der Waals surface area contributed by atoms with Crippen LogP contribution < -0.4 is 0 Å². The normalized spacial score (nSPS) is 12.5. The number of aromatic hydroxyl groups is 1. The van der Waals surface area contributed by atoms with Gasteiger partial charge in [-0.2, -0.15) is 0 Å². The predicted molar refractivity (Wildman–Crippen MR) is 165 cm³/mol. The lowest BCUT2D eigenvalue weighted by Gasteiger charge is -2.31. The Kier molecular flexibility index (Phi) is 16.0. The third kappa shape index (κ3) is 13.3. The quantitative estimate of drug-likeness (QED) is 0.139. The van der Waals surface area contributed by atoms with Crippen molar-refractivity contribution in [3.8, 4) is 5.75 Å². The summed E-state index contributed by atoms with van der Waals surface area (Å²) >= 11 is 0. The monoisotopic (exact) mass is 528 g/mol.